The summed E-state index contributed by atoms with van der Waals surface area (Å²) in [6.07, 6.45) is -3.66. The van der Waals surface area contributed by atoms with Crippen LogP contribution in [0.1, 0.15) is 27.6 Å². The van der Waals surface area contributed by atoms with Gasteiger partial charge in [-0.05, 0) is 41.6 Å². The molecule has 0 spiro atoms. The van der Waals surface area contributed by atoms with Gasteiger partial charge in [-0.15, -0.1) is 11.3 Å². The minimum Gasteiger partial charge on any atom is -0.271 e. The van der Waals surface area contributed by atoms with E-state index in [0.29, 0.717) is 12.0 Å². The number of hydrogen-bond acceptors (Lipinski definition) is 3. The molecule has 1 atom stereocenters. The van der Waals surface area contributed by atoms with Crippen LogP contribution in [0, 0.1) is 6.92 Å². The van der Waals surface area contributed by atoms with Crippen LogP contribution in [-0.4, -0.2) is 0 Å². The molecule has 1 heterocycles. The van der Waals surface area contributed by atoms with E-state index in [-0.39, 0.29) is 6.04 Å². The van der Waals surface area contributed by atoms with E-state index >= 15 is 0 Å². The van der Waals surface area contributed by atoms with Gasteiger partial charge in [-0.1, -0.05) is 12.1 Å². The number of halogens is 3. The van der Waals surface area contributed by atoms with Gasteiger partial charge in [-0.2, -0.15) is 13.2 Å². The van der Waals surface area contributed by atoms with Gasteiger partial charge in [0, 0.05) is 11.3 Å². The maximum atomic E-state index is 12.6. The van der Waals surface area contributed by atoms with Crippen LogP contribution >= 0.6 is 11.3 Å². The van der Waals surface area contributed by atoms with Crippen molar-refractivity contribution in [2.24, 2.45) is 5.84 Å². The van der Waals surface area contributed by atoms with Crippen LogP contribution in [0.4, 0.5) is 13.2 Å². The van der Waals surface area contributed by atoms with Gasteiger partial charge in [-0.25, -0.2) is 0 Å². The second kappa shape index (κ2) is 5.95. The number of hydrazine groups is 1. The molecule has 6 heteroatoms. The average molecular weight is 300 g/mol. The Morgan fingerprint density at radius 2 is 2.05 bits per heavy atom. The smallest absolute Gasteiger partial charge is 0.271 e. The van der Waals surface area contributed by atoms with Crippen molar-refractivity contribution in [3.63, 3.8) is 0 Å². The van der Waals surface area contributed by atoms with Crippen molar-refractivity contribution in [1.29, 1.82) is 0 Å². The number of benzene rings is 1. The summed E-state index contributed by atoms with van der Waals surface area (Å²) in [5.74, 6) is 5.55. The molecule has 2 rings (SSSR count). The second-order valence-corrected chi connectivity index (χ2v) is 5.60. The van der Waals surface area contributed by atoms with Gasteiger partial charge < -0.3 is 0 Å². The number of alkyl halides is 3. The van der Waals surface area contributed by atoms with Crippen LogP contribution in [0.3, 0.4) is 0 Å². The minimum atomic E-state index is -4.32. The number of nitrogens with one attached hydrogen (secondary N) is 1. The van der Waals surface area contributed by atoms with Gasteiger partial charge in [0.2, 0.25) is 0 Å². The molecule has 2 aromatic rings. The van der Waals surface area contributed by atoms with Gasteiger partial charge in [0.1, 0.15) is 0 Å². The lowest BCUT2D eigenvalue weighted by Gasteiger charge is -2.19. The zero-order valence-electron chi connectivity index (χ0n) is 10.9. The molecule has 0 saturated carbocycles. The summed E-state index contributed by atoms with van der Waals surface area (Å²) in [5.41, 5.74) is 3.42. The Kier molecular flexibility index (Phi) is 4.47. The molecule has 0 fully saturated rings. The third-order valence-corrected chi connectivity index (χ3v) is 4.06. The summed E-state index contributed by atoms with van der Waals surface area (Å²) in [4.78, 5) is 1.13. The third-order valence-electron chi connectivity index (χ3n) is 3.16. The molecule has 0 aliphatic heterocycles. The third kappa shape index (κ3) is 3.39. The molecule has 3 N–H and O–H groups in total. The molecule has 0 aliphatic carbocycles. The molecule has 1 aromatic carbocycles. The van der Waals surface area contributed by atoms with Gasteiger partial charge in [0.25, 0.3) is 0 Å². The molecule has 1 aromatic heterocycles. The van der Waals surface area contributed by atoms with E-state index in [1.165, 1.54) is 6.07 Å². The van der Waals surface area contributed by atoms with Crippen molar-refractivity contribution in [2.45, 2.75) is 25.6 Å². The highest BCUT2D eigenvalue weighted by Crippen LogP contribution is 2.32. The summed E-state index contributed by atoms with van der Waals surface area (Å²) in [5, 5.41) is 1.96. The largest absolute Gasteiger partial charge is 0.416 e. The highest BCUT2D eigenvalue weighted by molar-refractivity contribution is 7.09. The molecule has 108 valence electrons. The highest BCUT2D eigenvalue weighted by Gasteiger charge is 2.31. The van der Waals surface area contributed by atoms with E-state index in [0.717, 1.165) is 22.6 Å². The number of rotatable bonds is 4. The lowest BCUT2D eigenvalue weighted by atomic mass is 9.96. The Morgan fingerprint density at radius 3 is 2.55 bits per heavy atom. The summed E-state index contributed by atoms with van der Waals surface area (Å²) in [6.45, 7) is 1.67. The minimum absolute atomic E-state index is 0.198. The molecule has 0 saturated heterocycles. The Hall–Kier alpha value is -1.37. The monoisotopic (exact) mass is 300 g/mol. The zero-order valence-corrected chi connectivity index (χ0v) is 11.7. The zero-order chi connectivity index (χ0) is 14.8. The van der Waals surface area contributed by atoms with E-state index in [1.54, 1.807) is 18.3 Å². The van der Waals surface area contributed by atoms with Gasteiger partial charge >= 0.3 is 6.18 Å². The molecule has 0 bridgehead atoms. The number of aryl methyl sites for hydroxylation is 1. The molecule has 0 aliphatic rings. The van der Waals surface area contributed by atoms with E-state index < -0.39 is 11.7 Å². The molecule has 1 unspecified atom stereocenters. The van der Waals surface area contributed by atoms with Gasteiger partial charge in [-0.3, -0.25) is 11.3 Å². The van der Waals surface area contributed by atoms with E-state index in [9.17, 15) is 13.2 Å². The number of hydrogen-bond donors (Lipinski definition) is 2. The van der Waals surface area contributed by atoms with Gasteiger partial charge in [0.15, 0.2) is 0 Å². The maximum absolute atomic E-state index is 12.6. The fraction of sp³-hybridized carbons (Fsp3) is 0.286. The predicted octanol–water partition coefficient (Wildman–Crippen LogP) is 3.82. The van der Waals surface area contributed by atoms with Gasteiger partial charge in [0.05, 0.1) is 11.6 Å². The molecule has 20 heavy (non-hydrogen) atoms. The van der Waals surface area contributed by atoms with Crippen LogP contribution in [0.25, 0.3) is 0 Å². The van der Waals surface area contributed by atoms with Crippen molar-refractivity contribution in [3.8, 4) is 0 Å². The van der Waals surface area contributed by atoms with Crippen LogP contribution in [0.2, 0.25) is 0 Å². The Bertz CT molecular complexity index is 564. The van der Waals surface area contributed by atoms with Crippen molar-refractivity contribution in [1.82, 2.24) is 5.43 Å². The lowest BCUT2D eigenvalue weighted by molar-refractivity contribution is -0.137. The van der Waals surface area contributed by atoms with Crippen LogP contribution in [0.5, 0.6) is 0 Å². The summed E-state index contributed by atoms with van der Waals surface area (Å²) >= 11 is 1.60. The fourth-order valence-corrected chi connectivity index (χ4v) is 2.88. The first-order chi connectivity index (χ1) is 9.41. The van der Waals surface area contributed by atoms with Crippen molar-refractivity contribution in [2.75, 3.05) is 0 Å². The fourth-order valence-electron chi connectivity index (χ4n) is 2.13. The van der Waals surface area contributed by atoms with Crippen LogP contribution in [-0.2, 0) is 12.6 Å². The predicted molar refractivity (Wildman–Crippen MR) is 74.3 cm³/mol. The Labute approximate surface area is 119 Å². The first-order valence-corrected chi connectivity index (χ1v) is 6.96. The first kappa shape index (κ1) is 15.0. The topological polar surface area (TPSA) is 38.0 Å². The Morgan fingerprint density at radius 1 is 1.30 bits per heavy atom. The van der Waals surface area contributed by atoms with Crippen molar-refractivity contribution >= 4 is 11.3 Å². The first-order valence-electron chi connectivity index (χ1n) is 6.08. The molecular formula is C14H15F3N2S. The SMILES string of the molecule is Cc1cc(C(F)(F)F)ccc1C(Cc1cccs1)NN. The van der Waals surface area contributed by atoms with E-state index in [2.05, 4.69) is 5.43 Å². The second-order valence-electron chi connectivity index (χ2n) is 4.57. The van der Waals surface area contributed by atoms with E-state index in [1.807, 2.05) is 17.5 Å². The summed E-state index contributed by atoms with van der Waals surface area (Å²) < 4.78 is 37.9. The standard InChI is InChI=1S/C14H15F3N2S/c1-9-7-10(14(15,16)17)4-5-12(9)13(19-18)8-11-3-2-6-20-11/h2-7,13,19H,8,18H2,1H3. The molecular weight excluding hydrogens is 285 g/mol. The van der Waals surface area contributed by atoms with Crippen LogP contribution < -0.4 is 11.3 Å². The lowest BCUT2D eigenvalue weighted by Crippen LogP contribution is -2.30. The molecule has 0 amide bonds. The molecule has 2 nitrogen and oxygen atoms in total. The number of thiophene rings is 1. The summed E-state index contributed by atoms with van der Waals surface area (Å²) in [6, 6.07) is 7.48. The molecule has 0 radical (unpaired) electrons. The maximum Gasteiger partial charge on any atom is 0.416 e. The van der Waals surface area contributed by atoms with Crippen molar-refractivity contribution in [3.05, 3.63) is 57.3 Å². The Balaban J connectivity index is 2.26. The summed E-state index contributed by atoms with van der Waals surface area (Å²) in [7, 11) is 0. The van der Waals surface area contributed by atoms with E-state index in [4.69, 9.17) is 5.84 Å². The average Bonchev–Trinajstić information content (AvgIpc) is 2.88. The number of nitrogens with two attached hydrogens (primary N) is 1. The highest BCUT2D eigenvalue weighted by atomic mass is 32.1. The van der Waals surface area contributed by atoms with Crippen molar-refractivity contribution < 1.29 is 13.2 Å². The quantitative estimate of drug-likeness (QED) is 0.665. The normalized spacial score (nSPS) is 13.4. The van der Waals surface area contributed by atoms with Crippen LogP contribution in [0.15, 0.2) is 35.7 Å².